The minimum Gasteiger partial charge on any atom is -0.469 e. The fraction of sp³-hybridized carbons (Fsp3) is 0.545. The smallest absolute Gasteiger partial charge is 0.426 e. The number of imidazole rings is 1. The minimum atomic E-state index is -0.593. The number of esters is 1. The van der Waals surface area contributed by atoms with E-state index in [0.29, 0.717) is 5.69 Å². The molecule has 18 heavy (non-hydrogen) atoms. The van der Waals surface area contributed by atoms with Crippen LogP contribution in [0.3, 0.4) is 0 Å². The van der Waals surface area contributed by atoms with E-state index in [2.05, 4.69) is 15.1 Å². The Hall–Kier alpha value is -2.05. The van der Waals surface area contributed by atoms with Crippen LogP contribution in [0.1, 0.15) is 26.5 Å². The first-order valence-corrected chi connectivity index (χ1v) is 5.40. The average molecular weight is 255 g/mol. The fourth-order valence-electron chi connectivity index (χ4n) is 1.14. The van der Waals surface area contributed by atoms with E-state index in [1.54, 1.807) is 20.8 Å². The third-order valence-corrected chi connectivity index (χ3v) is 1.81. The van der Waals surface area contributed by atoms with Crippen LogP contribution in [0.25, 0.3) is 0 Å². The monoisotopic (exact) mass is 255 g/mol. The van der Waals surface area contributed by atoms with Crippen molar-refractivity contribution in [1.82, 2.24) is 9.66 Å². The number of nitrogens with one attached hydrogen (secondary N) is 1. The fourth-order valence-corrected chi connectivity index (χ4v) is 1.14. The second-order valence-corrected chi connectivity index (χ2v) is 4.64. The molecular weight excluding hydrogens is 238 g/mol. The van der Waals surface area contributed by atoms with Crippen molar-refractivity contribution in [1.29, 1.82) is 0 Å². The molecule has 7 heteroatoms. The first-order valence-electron chi connectivity index (χ1n) is 5.40. The zero-order valence-corrected chi connectivity index (χ0v) is 10.9. The minimum absolute atomic E-state index is 0.0551. The van der Waals surface area contributed by atoms with Crippen molar-refractivity contribution in [3.8, 4) is 0 Å². The predicted octanol–water partition coefficient (Wildman–Crippen LogP) is 1.08. The molecule has 0 bridgehead atoms. The van der Waals surface area contributed by atoms with Crippen LogP contribution >= 0.6 is 0 Å². The Bertz CT molecular complexity index is 434. The highest BCUT2D eigenvalue weighted by Crippen LogP contribution is 2.07. The molecule has 0 aliphatic heterocycles. The van der Waals surface area contributed by atoms with Gasteiger partial charge < -0.3 is 9.47 Å². The molecule has 1 aromatic heterocycles. The highest BCUT2D eigenvalue weighted by Gasteiger charge is 2.16. The Kier molecular flexibility index (Phi) is 4.30. The second-order valence-electron chi connectivity index (χ2n) is 4.64. The molecule has 7 nitrogen and oxygen atoms in total. The zero-order valence-electron chi connectivity index (χ0n) is 10.9. The molecule has 0 aromatic carbocycles. The molecule has 0 radical (unpaired) electrons. The number of carbonyl (C=O) groups excluding carboxylic acids is 2. The predicted molar refractivity (Wildman–Crippen MR) is 63.5 cm³/mol. The molecule has 0 aliphatic rings. The van der Waals surface area contributed by atoms with Crippen molar-refractivity contribution < 1.29 is 19.1 Å². The van der Waals surface area contributed by atoms with Gasteiger partial charge >= 0.3 is 12.1 Å². The largest absolute Gasteiger partial charge is 0.469 e. The van der Waals surface area contributed by atoms with Gasteiger partial charge in [-0.3, -0.25) is 4.79 Å². The number of ether oxygens (including phenoxy) is 2. The molecule has 0 spiro atoms. The Morgan fingerprint density at radius 1 is 1.44 bits per heavy atom. The lowest BCUT2D eigenvalue weighted by Gasteiger charge is -2.19. The lowest BCUT2D eigenvalue weighted by molar-refractivity contribution is -0.139. The Labute approximate surface area is 105 Å². The van der Waals surface area contributed by atoms with Gasteiger partial charge in [0.15, 0.2) is 0 Å². The average Bonchev–Trinajstić information content (AvgIpc) is 2.62. The number of methoxy groups -OCH3 is 1. The third kappa shape index (κ3) is 4.86. The summed E-state index contributed by atoms with van der Waals surface area (Å²) in [6, 6.07) is 0. The first-order chi connectivity index (χ1) is 8.30. The lowest BCUT2D eigenvalue weighted by atomic mass is 10.2. The van der Waals surface area contributed by atoms with Crippen LogP contribution in [-0.4, -0.2) is 34.4 Å². The molecule has 0 fully saturated rings. The number of carbonyl (C=O) groups is 2. The highest BCUT2D eigenvalue weighted by atomic mass is 16.6. The first kappa shape index (κ1) is 14.0. The maximum absolute atomic E-state index is 11.4. The van der Waals surface area contributed by atoms with Gasteiger partial charge in [0, 0.05) is 0 Å². The van der Waals surface area contributed by atoms with Gasteiger partial charge in [0.1, 0.15) is 11.9 Å². The summed E-state index contributed by atoms with van der Waals surface area (Å²) in [6.07, 6.45) is 2.35. The van der Waals surface area contributed by atoms with Crippen molar-refractivity contribution in [2.24, 2.45) is 0 Å². The van der Waals surface area contributed by atoms with Gasteiger partial charge in [0.25, 0.3) is 0 Å². The Balaban J connectivity index is 2.54. The molecule has 0 saturated heterocycles. The number of hydrogen-bond acceptors (Lipinski definition) is 5. The summed E-state index contributed by atoms with van der Waals surface area (Å²) < 4.78 is 10.9. The van der Waals surface area contributed by atoms with Crippen LogP contribution < -0.4 is 5.43 Å². The topological polar surface area (TPSA) is 82.5 Å². The lowest BCUT2D eigenvalue weighted by Crippen LogP contribution is -2.31. The summed E-state index contributed by atoms with van der Waals surface area (Å²) in [5.74, 6) is -0.391. The molecule has 1 rings (SSSR count). The van der Waals surface area contributed by atoms with Crippen molar-refractivity contribution >= 4 is 12.1 Å². The van der Waals surface area contributed by atoms with E-state index in [9.17, 15) is 9.59 Å². The molecule has 0 unspecified atom stereocenters. The zero-order chi connectivity index (χ0) is 13.8. The van der Waals surface area contributed by atoms with Crippen molar-refractivity contribution in [2.45, 2.75) is 32.8 Å². The maximum Gasteiger partial charge on any atom is 0.426 e. The van der Waals surface area contributed by atoms with Crippen molar-refractivity contribution in [3.63, 3.8) is 0 Å². The van der Waals surface area contributed by atoms with Gasteiger partial charge in [-0.25, -0.2) is 19.9 Å². The maximum atomic E-state index is 11.4. The highest BCUT2D eigenvalue weighted by molar-refractivity contribution is 5.76. The molecule has 0 aliphatic carbocycles. The molecule has 0 atom stereocenters. The number of rotatable bonds is 3. The van der Waals surface area contributed by atoms with Crippen molar-refractivity contribution in [2.75, 3.05) is 12.5 Å². The molecule has 100 valence electrons. The van der Waals surface area contributed by atoms with E-state index in [-0.39, 0.29) is 6.42 Å². The van der Waals surface area contributed by atoms with Crippen LogP contribution in [0.4, 0.5) is 4.79 Å². The normalized spacial score (nSPS) is 10.9. The Morgan fingerprint density at radius 3 is 2.67 bits per heavy atom. The van der Waals surface area contributed by atoms with Gasteiger partial charge in [-0.2, -0.15) is 0 Å². The second kappa shape index (κ2) is 5.52. The number of aromatic nitrogens is 2. The van der Waals surface area contributed by atoms with Crippen LogP contribution in [-0.2, 0) is 20.7 Å². The van der Waals surface area contributed by atoms with Crippen molar-refractivity contribution in [3.05, 3.63) is 18.2 Å². The number of hydrogen-bond donors (Lipinski definition) is 1. The van der Waals surface area contributed by atoms with Crippen LogP contribution in [0.2, 0.25) is 0 Å². The van der Waals surface area contributed by atoms with Gasteiger partial charge in [0.05, 0.1) is 25.4 Å². The molecule has 1 aromatic rings. The summed E-state index contributed by atoms with van der Waals surface area (Å²) in [6.45, 7) is 5.30. The van der Waals surface area contributed by atoms with E-state index >= 15 is 0 Å². The molecule has 0 saturated carbocycles. The van der Waals surface area contributed by atoms with Crippen LogP contribution in [0.15, 0.2) is 12.5 Å². The summed E-state index contributed by atoms with van der Waals surface area (Å²) in [5, 5.41) is 0. The third-order valence-electron chi connectivity index (χ3n) is 1.81. The SMILES string of the molecule is COC(=O)Cc1cn(NC(=O)OC(C)(C)C)cn1. The number of amides is 1. The van der Waals surface area contributed by atoms with E-state index in [4.69, 9.17) is 4.74 Å². The van der Waals surface area contributed by atoms with Gasteiger partial charge in [-0.1, -0.05) is 0 Å². The molecule has 1 heterocycles. The van der Waals surface area contributed by atoms with Crippen LogP contribution in [0, 0.1) is 0 Å². The summed E-state index contributed by atoms with van der Waals surface area (Å²) in [5.41, 5.74) is 2.38. The van der Waals surface area contributed by atoms with Crippen LogP contribution in [0.5, 0.6) is 0 Å². The van der Waals surface area contributed by atoms with E-state index in [1.165, 1.54) is 24.3 Å². The summed E-state index contributed by atoms with van der Waals surface area (Å²) >= 11 is 0. The van der Waals surface area contributed by atoms with E-state index in [0.717, 1.165) is 0 Å². The molecule has 1 amide bonds. The van der Waals surface area contributed by atoms with Gasteiger partial charge in [-0.15, -0.1) is 0 Å². The Morgan fingerprint density at radius 2 is 2.11 bits per heavy atom. The summed E-state index contributed by atoms with van der Waals surface area (Å²) in [7, 11) is 1.30. The standard InChI is InChI=1S/C11H17N3O4/c1-11(2,3)18-10(16)13-14-6-8(12-7-14)5-9(15)17-4/h6-7H,5H2,1-4H3,(H,13,16). The van der Waals surface area contributed by atoms with E-state index in [1.807, 2.05) is 0 Å². The van der Waals surface area contributed by atoms with Gasteiger partial charge in [0.2, 0.25) is 0 Å². The van der Waals surface area contributed by atoms with E-state index < -0.39 is 17.7 Å². The summed E-state index contributed by atoms with van der Waals surface area (Å²) in [4.78, 5) is 26.4. The van der Waals surface area contributed by atoms with Gasteiger partial charge in [-0.05, 0) is 20.8 Å². The quantitative estimate of drug-likeness (QED) is 0.817. The molecular formula is C11H17N3O4. The number of nitrogens with zero attached hydrogens (tertiary/aromatic N) is 2. The molecule has 1 N–H and O–H groups in total.